The number of hydrogen-bond acceptors (Lipinski definition) is 8. The van der Waals surface area contributed by atoms with E-state index in [1.165, 1.54) is 6.07 Å². The van der Waals surface area contributed by atoms with Crippen LogP contribution in [0.4, 0.5) is 17.1 Å². The maximum atomic E-state index is 11.1. The Morgan fingerprint density at radius 1 is 0.696 bits per heavy atom. The van der Waals surface area contributed by atoms with Crippen molar-refractivity contribution >= 4 is 17.1 Å². The van der Waals surface area contributed by atoms with Crippen LogP contribution >= 0.6 is 0 Å². The zero-order chi connectivity index (χ0) is 16.7. The number of rotatable bonds is 3. The summed E-state index contributed by atoms with van der Waals surface area (Å²) in [6.45, 7) is 0. The fraction of sp³-hybridized carbons (Fsp3) is 0. The number of benzene rings is 2. The molecular weight excluding hydrogens is 314 g/mol. The molecule has 11 nitrogen and oxygen atoms in total. The summed E-state index contributed by atoms with van der Waals surface area (Å²) in [4.78, 5) is 30.3. The van der Waals surface area contributed by atoms with Gasteiger partial charge < -0.3 is 9.47 Å². The summed E-state index contributed by atoms with van der Waals surface area (Å²) in [7, 11) is 0. The molecule has 1 heterocycles. The van der Waals surface area contributed by atoms with Crippen LogP contribution in [0.5, 0.6) is 23.0 Å². The summed E-state index contributed by atoms with van der Waals surface area (Å²) in [5, 5.41) is 32.7. The molecule has 1 aliphatic rings. The Morgan fingerprint density at radius 3 is 1.96 bits per heavy atom. The molecule has 0 fully saturated rings. The number of nitrogens with zero attached hydrogens (tertiary/aromatic N) is 3. The Morgan fingerprint density at radius 2 is 1.35 bits per heavy atom. The van der Waals surface area contributed by atoms with E-state index in [2.05, 4.69) is 0 Å². The van der Waals surface area contributed by atoms with Crippen LogP contribution in [0.2, 0.25) is 0 Å². The molecule has 0 unspecified atom stereocenters. The van der Waals surface area contributed by atoms with Crippen LogP contribution in [-0.4, -0.2) is 14.8 Å². The van der Waals surface area contributed by atoms with Gasteiger partial charge in [-0.15, -0.1) is 0 Å². The summed E-state index contributed by atoms with van der Waals surface area (Å²) in [6.07, 6.45) is 0. The minimum absolute atomic E-state index is 0.0536. The van der Waals surface area contributed by atoms with Crippen LogP contribution in [0.3, 0.4) is 0 Å². The van der Waals surface area contributed by atoms with Gasteiger partial charge in [0.1, 0.15) is 0 Å². The van der Waals surface area contributed by atoms with Crippen molar-refractivity contribution in [1.29, 1.82) is 0 Å². The first kappa shape index (κ1) is 14.2. The minimum Gasteiger partial charge on any atom is -0.449 e. The second-order valence-corrected chi connectivity index (χ2v) is 4.40. The Bertz CT molecular complexity index is 879. The highest BCUT2D eigenvalue weighted by Gasteiger charge is 2.32. The second kappa shape index (κ2) is 4.91. The summed E-state index contributed by atoms with van der Waals surface area (Å²) in [5.41, 5.74) is -1.50. The van der Waals surface area contributed by atoms with E-state index in [0.29, 0.717) is 0 Å². The molecule has 2 aromatic rings. The van der Waals surface area contributed by atoms with E-state index in [1.54, 1.807) is 0 Å². The van der Waals surface area contributed by atoms with E-state index < -0.39 is 26.1 Å². The molecule has 0 spiro atoms. The molecule has 0 saturated heterocycles. The number of fused-ring (bicyclic) bond motifs is 2. The smallest absolute Gasteiger partial charge is 0.322 e. The lowest BCUT2D eigenvalue weighted by Gasteiger charge is -2.19. The molecule has 1 aliphatic heterocycles. The predicted octanol–water partition coefficient (Wildman–Crippen LogP) is 3.31. The molecule has 0 N–H and O–H groups in total. The van der Waals surface area contributed by atoms with Crippen molar-refractivity contribution in [1.82, 2.24) is 0 Å². The van der Waals surface area contributed by atoms with E-state index in [1.807, 2.05) is 0 Å². The third-order valence-corrected chi connectivity index (χ3v) is 3.00. The van der Waals surface area contributed by atoms with Gasteiger partial charge in [-0.05, 0) is 6.07 Å². The summed E-state index contributed by atoms with van der Waals surface area (Å²) < 4.78 is 10.6. The molecule has 0 aliphatic carbocycles. The fourth-order valence-corrected chi connectivity index (χ4v) is 2.00. The molecule has 0 atom stereocenters. The zero-order valence-corrected chi connectivity index (χ0v) is 11.0. The zero-order valence-electron chi connectivity index (χ0n) is 11.0. The van der Waals surface area contributed by atoms with Crippen LogP contribution in [0.15, 0.2) is 30.3 Å². The predicted molar refractivity (Wildman–Crippen MR) is 73.0 cm³/mol. The number of nitro benzene ring substituents is 3. The van der Waals surface area contributed by atoms with Crippen molar-refractivity contribution in [3.8, 4) is 23.0 Å². The van der Waals surface area contributed by atoms with Crippen molar-refractivity contribution in [3.05, 3.63) is 60.7 Å². The van der Waals surface area contributed by atoms with E-state index >= 15 is 0 Å². The lowest BCUT2D eigenvalue weighted by molar-refractivity contribution is -0.394. The Labute approximate surface area is 126 Å². The number of ether oxygens (including phenoxy) is 2. The third-order valence-electron chi connectivity index (χ3n) is 3.00. The van der Waals surface area contributed by atoms with Crippen LogP contribution in [0, 0.1) is 30.3 Å². The highest BCUT2D eigenvalue weighted by atomic mass is 16.6. The summed E-state index contributed by atoms with van der Waals surface area (Å²) in [5.74, 6) is -0.609. The highest BCUT2D eigenvalue weighted by Crippen LogP contribution is 2.51. The molecule has 11 heteroatoms. The van der Waals surface area contributed by atoms with Gasteiger partial charge in [-0.3, -0.25) is 30.3 Å². The van der Waals surface area contributed by atoms with Crippen molar-refractivity contribution in [2.75, 3.05) is 0 Å². The van der Waals surface area contributed by atoms with Crippen LogP contribution < -0.4 is 9.47 Å². The molecule has 0 bridgehead atoms. The van der Waals surface area contributed by atoms with Gasteiger partial charge in [0, 0.05) is 6.07 Å². The topological polar surface area (TPSA) is 148 Å². The van der Waals surface area contributed by atoms with E-state index in [4.69, 9.17) is 9.47 Å². The van der Waals surface area contributed by atoms with Gasteiger partial charge >= 0.3 is 5.69 Å². The second-order valence-electron chi connectivity index (χ2n) is 4.40. The molecule has 116 valence electrons. The highest BCUT2D eigenvalue weighted by molar-refractivity contribution is 5.67. The first-order valence-electron chi connectivity index (χ1n) is 5.98. The van der Waals surface area contributed by atoms with E-state index in [0.717, 1.165) is 24.3 Å². The van der Waals surface area contributed by atoms with Crippen LogP contribution in [0.25, 0.3) is 0 Å². The quantitative estimate of drug-likeness (QED) is 0.527. The van der Waals surface area contributed by atoms with E-state index in [-0.39, 0.29) is 28.7 Å². The van der Waals surface area contributed by atoms with Gasteiger partial charge in [-0.25, -0.2) is 0 Å². The average Bonchev–Trinajstić information content (AvgIpc) is 2.50. The minimum atomic E-state index is -0.864. The molecule has 0 radical (unpaired) electrons. The molecule has 3 rings (SSSR count). The third kappa shape index (κ3) is 2.35. The van der Waals surface area contributed by atoms with Gasteiger partial charge in [0.15, 0.2) is 17.2 Å². The Kier molecular flexibility index (Phi) is 3.03. The fourth-order valence-electron chi connectivity index (χ4n) is 2.00. The lowest BCUT2D eigenvalue weighted by atomic mass is 10.2. The molecule has 0 saturated carbocycles. The SMILES string of the molecule is O=[N+]([O-])c1ccc2c(c1)Oc1c(cc([N+](=O)[O-])cc1[N+](=O)[O-])O2. The van der Waals surface area contributed by atoms with Crippen molar-refractivity contribution in [2.45, 2.75) is 0 Å². The summed E-state index contributed by atoms with van der Waals surface area (Å²) >= 11 is 0. The van der Waals surface area contributed by atoms with Gasteiger partial charge in [0.2, 0.25) is 5.75 Å². The van der Waals surface area contributed by atoms with Crippen molar-refractivity contribution in [3.63, 3.8) is 0 Å². The molecule has 0 amide bonds. The monoisotopic (exact) mass is 319 g/mol. The van der Waals surface area contributed by atoms with Crippen LogP contribution in [0.1, 0.15) is 0 Å². The Balaban J connectivity index is 2.15. The Hall–Kier alpha value is -3.76. The first-order valence-corrected chi connectivity index (χ1v) is 5.98. The van der Waals surface area contributed by atoms with Gasteiger partial charge in [0.05, 0.1) is 33.0 Å². The first-order chi connectivity index (χ1) is 10.9. The van der Waals surface area contributed by atoms with Gasteiger partial charge in [0.25, 0.3) is 11.4 Å². The molecule has 23 heavy (non-hydrogen) atoms. The molecular formula is C12H5N3O8. The average molecular weight is 319 g/mol. The summed E-state index contributed by atoms with van der Waals surface area (Å²) in [6, 6.07) is 5.14. The van der Waals surface area contributed by atoms with Crippen LogP contribution in [-0.2, 0) is 0 Å². The standard InChI is InChI=1S/C12H5N3O8/c16-13(17)6-1-2-9-10(4-6)23-12-8(15(20)21)3-7(14(18)19)5-11(12)22-9/h1-5H. The van der Waals surface area contributed by atoms with Gasteiger partial charge in [-0.2, -0.15) is 0 Å². The maximum absolute atomic E-state index is 11.1. The molecule has 2 aromatic carbocycles. The van der Waals surface area contributed by atoms with Crippen molar-refractivity contribution < 1.29 is 24.2 Å². The lowest BCUT2D eigenvalue weighted by Crippen LogP contribution is -2.04. The number of nitro groups is 3. The van der Waals surface area contributed by atoms with Gasteiger partial charge in [-0.1, -0.05) is 0 Å². The van der Waals surface area contributed by atoms with Crippen molar-refractivity contribution in [2.24, 2.45) is 0 Å². The molecule has 0 aromatic heterocycles. The maximum Gasteiger partial charge on any atom is 0.322 e. The van der Waals surface area contributed by atoms with E-state index in [9.17, 15) is 30.3 Å². The normalized spacial score (nSPS) is 11.5. The number of non-ortho nitro benzene ring substituents is 2. The number of hydrogen-bond donors (Lipinski definition) is 0. The largest absolute Gasteiger partial charge is 0.449 e.